The van der Waals surface area contributed by atoms with E-state index in [0.717, 1.165) is 10.2 Å². The molecule has 3 heteroatoms. The number of benzene rings is 2. The van der Waals surface area contributed by atoms with Crippen LogP contribution in [0.4, 0.5) is 5.69 Å². The zero-order valence-corrected chi connectivity index (χ0v) is 11.6. The Labute approximate surface area is 110 Å². The smallest absolute Gasteiger partial charge is 0.0661 e. The first-order valence-corrected chi connectivity index (χ1v) is 6.44. The third-order valence-electron chi connectivity index (χ3n) is 2.69. The molecule has 0 aliphatic carbocycles. The summed E-state index contributed by atoms with van der Waals surface area (Å²) in [6.45, 7) is 2.81. The van der Waals surface area contributed by atoms with Crippen LogP contribution in [-0.4, -0.2) is 19.8 Å². The minimum Gasteiger partial charge on any atom is -0.383 e. The monoisotopic (exact) mass is 293 g/mol. The number of hydrogen-bond donors (Lipinski definition) is 1. The van der Waals surface area contributed by atoms with E-state index in [-0.39, 0.29) is 0 Å². The Hall–Kier alpha value is -1.06. The Morgan fingerprint density at radius 2 is 1.88 bits per heavy atom. The molecule has 1 N–H and O–H groups in total. The van der Waals surface area contributed by atoms with E-state index < -0.39 is 0 Å². The van der Waals surface area contributed by atoms with Gasteiger partial charge >= 0.3 is 0 Å². The van der Waals surface area contributed by atoms with Crippen molar-refractivity contribution < 1.29 is 4.74 Å². The molecule has 0 fully saturated rings. The molecule has 0 aromatic heterocycles. The van der Waals surface area contributed by atoms with Gasteiger partial charge in [0.15, 0.2) is 0 Å². The largest absolute Gasteiger partial charge is 0.383 e. The van der Waals surface area contributed by atoms with Crippen molar-refractivity contribution in [1.29, 1.82) is 0 Å². The molecule has 0 spiro atoms. The highest BCUT2D eigenvalue weighted by molar-refractivity contribution is 9.10. The lowest BCUT2D eigenvalue weighted by molar-refractivity contribution is 0.190. The Balaban J connectivity index is 2.38. The Bertz CT molecular complexity index is 513. The van der Waals surface area contributed by atoms with E-state index >= 15 is 0 Å². The van der Waals surface area contributed by atoms with Gasteiger partial charge in [-0.3, -0.25) is 0 Å². The number of rotatable bonds is 4. The van der Waals surface area contributed by atoms with Crippen molar-refractivity contribution in [2.75, 3.05) is 19.0 Å². The summed E-state index contributed by atoms with van der Waals surface area (Å²) in [5.74, 6) is 0. The minimum atomic E-state index is 0.296. The molecule has 0 aliphatic heterocycles. The zero-order valence-electron chi connectivity index (χ0n) is 10.0. The molecule has 0 amide bonds. The Morgan fingerprint density at radius 1 is 1.18 bits per heavy atom. The fourth-order valence-electron chi connectivity index (χ4n) is 1.95. The van der Waals surface area contributed by atoms with Gasteiger partial charge in [0.2, 0.25) is 0 Å². The molecule has 17 heavy (non-hydrogen) atoms. The average molecular weight is 294 g/mol. The quantitative estimate of drug-likeness (QED) is 0.918. The van der Waals surface area contributed by atoms with E-state index in [1.165, 1.54) is 10.8 Å². The molecule has 2 aromatic rings. The van der Waals surface area contributed by atoms with Crippen LogP contribution in [0.1, 0.15) is 6.92 Å². The third kappa shape index (κ3) is 2.79. The van der Waals surface area contributed by atoms with Crippen LogP contribution in [0, 0.1) is 0 Å². The SMILES string of the molecule is COCC(C)Nc1ccc(Br)c2ccccc12. The maximum Gasteiger partial charge on any atom is 0.0661 e. The molecule has 90 valence electrons. The molecular weight excluding hydrogens is 278 g/mol. The zero-order chi connectivity index (χ0) is 12.3. The van der Waals surface area contributed by atoms with Crippen molar-refractivity contribution in [2.45, 2.75) is 13.0 Å². The van der Waals surface area contributed by atoms with Crippen LogP contribution >= 0.6 is 15.9 Å². The average Bonchev–Trinajstić information content (AvgIpc) is 2.34. The first-order chi connectivity index (χ1) is 8.22. The lowest BCUT2D eigenvalue weighted by atomic mass is 10.1. The summed E-state index contributed by atoms with van der Waals surface area (Å²) < 4.78 is 6.26. The number of nitrogens with one attached hydrogen (secondary N) is 1. The summed E-state index contributed by atoms with van der Waals surface area (Å²) in [7, 11) is 1.72. The predicted octanol–water partition coefficient (Wildman–Crippen LogP) is 4.05. The molecule has 0 heterocycles. The predicted molar refractivity (Wildman–Crippen MR) is 76.6 cm³/mol. The minimum absolute atomic E-state index is 0.296. The summed E-state index contributed by atoms with van der Waals surface area (Å²) in [6, 6.07) is 12.8. The molecule has 0 saturated heterocycles. The summed E-state index contributed by atoms with van der Waals surface area (Å²) in [5, 5.41) is 5.92. The van der Waals surface area contributed by atoms with E-state index in [0.29, 0.717) is 12.6 Å². The second-order valence-corrected chi connectivity index (χ2v) is 5.00. The molecule has 1 unspecified atom stereocenters. The molecule has 2 rings (SSSR count). The fraction of sp³-hybridized carbons (Fsp3) is 0.286. The fourth-order valence-corrected chi connectivity index (χ4v) is 2.42. The Kier molecular flexibility index (Phi) is 4.02. The lowest BCUT2D eigenvalue weighted by Crippen LogP contribution is -2.20. The summed E-state index contributed by atoms with van der Waals surface area (Å²) in [6.07, 6.45) is 0. The van der Waals surface area contributed by atoms with E-state index in [1.807, 2.05) is 0 Å². The number of fused-ring (bicyclic) bond motifs is 1. The van der Waals surface area contributed by atoms with Gasteiger partial charge in [-0.2, -0.15) is 0 Å². The van der Waals surface area contributed by atoms with Crippen molar-refractivity contribution >= 4 is 32.4 Å². The molecule has 2 aromatic carbocycles. The summed E-state index contributed by atoms with van der Waals surface area (Å²) in [4.78, 5) is 0. The van der Waals surface area contributed by atoms with Crippen molar-refractivity contribution in [3.05, 3.63) is 40.9 Å². The third-order valence-corrected chi connectivity index (χ3v) is 3.38. The number of halogens is 1. The van der Waals surface area contributed by atoms with Crippen LogP contribution in [-0.2, 0) is 4.74 Å². The van der Waals surface area contributed by atoms with Gasteiger partial charge in [0.05, 0.1) is 6.61 Å². The van der Waals surface area contributed by atoms with E-state index in [9.17, 15) is 0 Å². The number of methoxy groups -OCH3 is 1. The van der Waals surface area contributed by atoms with Crippen molar-refractivity contribution in [3.63, 3.8) is 0 Å². The van der Waals surface area contributed by atoms with Crippen molar-refractivity contribution in [3.8, 4) is 0 Å². The van der Waals surface area contributed by atoms with Gasteiger partial charge in [-0.25, -0.2) is 0 Å². The van der Waals surface area contributed by atoms with Crippen LogP contribution in [0.5, 0.6) is 0 Å². The van der Waals surface area contributed by atoms with Gasteiger partial charge in [0, 0.05) is 28.7 Å². The van der Waals surface area contributed by atoms with Gasteiger partial charge in [0.25, 0.3) is 0 Å². The van der Waals surface area contributed by atoms with Crippen molar-refractivity contribution in [1.82, 2.24) is 0 Å². The van der Waals surface area contributed by atoms with Gasteiger partial charge < -0.3 is 10.1 Å². The van der Waals surface area contributed by atoms with Gasteiger partial charge in [0.1, 0.15) is 0 Å². The van der Waals surface area contributed by atoms with Crippen LogP contribution < -0.4 is 5.32 Å². The molecular formula is C14H16BrNO. The van der Waals surface area contributed by atoms with Gasteiger partial charge in [-0.1, -0.05) is 40.2 Å². The van der Waals surface area contributed by atoms with Crippen LogP contribution in [0.25, 0.3) is 10.8 Å². The topological polar surface area (TPSA) is 21.3 Å². The second-order valence-electron chi connectivity index (χ2n) is 4.14. The summed E-state index contributed by atoms with van der Waals surface area (Å²) in [5.41, 5.74) is 1.15. The highest BCUT2D eigenvalue weighted by Gasteiger charge is 2.06. The van der Waals surface area contributed by atoms with Crippen LogP contribution in [0.15, 0.2) is 40.9 Å². The van der Waals surface area contributed by atoms with Crippen molar-refractivity contribution in [2.24, 2.45) is 0 Å². The van der Waals surface area contributed by atoms with E-state index in [1.54, 1.807) is 7.11 Å². The number of anilines is 1. The molecule has 0 radical (unpaired) electrons. The second kappa shape index (κ2) is 5.52. The number of hydrogen-bond acceptors (Lipinski definition) is 2. The summed E-state index contributed by atoms with van der Waals surface area (Å²) >= 11 is 3.58. The molecule has 2 nitrogen and oxygen atoms in total. The highest BCUT2D eigenvalue weighted by atomic mass is 79.9. The van der Waals surface area contributed by atoms with Gasteiger partial charge in [-0.05, 0) is 24.4 Å². The molecule has 0 saturated carbocycles. The van der Waals surface area contributed by atoms with Gasteiger partial charge in [-0.15, -0.1) is 0 Å². The number of ether oxygens (including phenoxy) is 1. The standard InChI is InChI=1S/C14H16BrNO/c1-10(9-17-2)16-14-8-7-13(15)11-5-3-4-6-12(11)14/h3-8,10,16H,9H2,1-2H3. The first-order valence-electron chi connectivity index (χ1n) is 5.65. The normalized spacial score (nSPS) is 12.6. The highest BCUT2D eigenvalue weighted by Crippen LogP contribution is 2.30. The van der Waals surface area contributed by atoms with Crippen LogP contribution in [0.2, 0.25) is 0 Å². The molecule has 0 bridgehead atoms. The Morgan fingerprint density at radius 3 is 2.59 bits per heavy atom. The van der Waals surface area contributed by atoms with Crippen LogP contribution in [0.3, 0.4) is 0 Å². The maximum absolute atomic E-state index is 5.14. The van der Waals surface area contributed by atoms with E-state index in [2.05, 4.69) is 64.6 Å². The maximum atomic E-state index is 5.14. The van der Waals surface area contributed by atoms with E-state index in [4.69, 9.17) is 4.74 Å². The molecule has 1 atom stereocenters. The lowest BCUT2D eigenvalue weighted by Gasteiger charge is -2.16. The molecule has 0 aliphatic rings. The first kappa shape index (κ1) is 12.4.